The van der Waals surface area contributed by atoms with Crippen molar-refractivity contribution < 1.29 is 23.8 Å². The molecule has 5 nitrogen and oxygen atoms in total. The van der Waals surface area contributed by atoms with Gasteiger partial charge in [0, 0.05) is 11.5 Å². The van der Waals surface area contributed by atoms with E-state index in [9.17, 15) is 9.59 Å². The Hall–Kier alpha value is -1.62. The lowest BCUT2D eigenvalue weighted by atomic mass is 9.83. The van der Waals surface area contributed by atoms with Crippen LogP contribution in [0.15, 0.2) is 23.8 Å². The summed E-state index contributed by atoms with van der Waals surface area (Å²) in [5, 5.41) is 0. The van der Waals surface area contributed by atoms with Crippen LogP contribution in [-0.4, -0.2) is 35.9 Å². The third-order valence-electron chi connectivity index (χ3n) is 5.41. The maximum atomic E-state index is 12.1. The highest BCUT2D eigenvalue weighted by atomic mass is 16.6. The van der Waals surface area contributed by atoms with Gasteiger partial charge >= 0.3 is 11.9 Å². The van der Waals surface area contributed by atoms with Crippen LogP contribution in [-0.2, 0) is 23.8 Å². The van der Waals surface area contributed by atoms with Gasteiger partial charge in [-0.2, -0.15) is 0 Å². The average Bonchev–Trinajstić information content (AvgIpc) is 3.11. The van der Waals surface area contributed by atoms with Crippen LogP contribution in [0.4, 0.5) is 0 Å². The first kappa shape index (κ1) is 17.2. The van der Waals surface area contributed by atoms with Crippen molar-refractivity contribution in [1.82, 2.24) is 0 Å². The van der Waals surface area contributed by atoms with Crippen LogP contribution in [0.2, 0.25) is 0 Å². The molecule has 2 fully saturated rings. The van der Waals surface area contributed by atoms with Gasteiger partial charge in [0.05, 0.1) is 12.0 Å². The number of esters is 2. The van der Waals surface area contributed by atoms with Crippen molar-refractivity contribution in [2.75, 3.05) is 0 Å². The second kappa shape index (κ2) is 6.03. The molecule has 1 aliphatic carbocycles. The zero-order chi connectivity index (χ0) is 17.6. The van der Waals surface area contributed by atoms with E-state index in [1.165, 1.54) is 5.57 Å². The van der Waals surface area contributed by atoms with E-state index in [1.807, 2.05) is 33.8 Å². The van der Waals surface area contributed by atoms with Crippen LogP contribution in [0.5, 0.6) is 0 Å². The summed E-state index contributed by atoms with van der Waals surface area (Å²) in [6.45, 7) is 11.6. The van der Waals surface area contributed by atoms with Crippen molar-refractivity contribution in [3.8, 4) is 0 Å². The number of fused-ring (bicyclic) bond motifs is 2. The maximum Gasteiger partial charge on any atom is 0.334 e. The van der Waals surface area contributed by atoms with Crippen molar-refractivity contribution in [3.63, 3.8) is 0 Å². The largest absolute Gasteiger partial charge is 0.459 e. The van der Waals surface area contributed by atoms with Gasteiger partial charge in [-0.25, -0.2) is 4.79 Å². The maximum absolute atomic E-state index is 12.1. The third-order valence-corrected chi connectivity index (χ3v) is 5.41. The molecule has 5 heteroatoms. The zero-order valence-corrected chi connectivity index (χ0v) is 14.8. The van der Waals surface area contributed by atoms with Crippen LogP contribution in [0.3, 0.4) is 0 Å². The van der Waals surface area contributed by atoms with Gasteiger partial charge in [0.15, 0.2) is 0 Å². The predicted octanol–water partition coefficient (Wildman–Crippen LogP) is 2.94. The van der Waals surface area contributed by atoms with Crippen molar-refractivity contribution in [3.05, 3.63) is 23.8 Å². The normalized spacial score (nSPS) is 38.8. The van der Waals surface area contributed by atoms with Gasteiger partial charge in [0.25, 0.3) is 0 Å². The first-order valence-electron chi connectivity index (χ1n) is 8.67. The highest BCUT2D eigenvalue weighted by molar-refractivity contribution is 5.91. The molecule has 5 atom stereocenters. The van der Waals surface area contributed by atoms with Crippen molar-refractivity contribution in [1.29, 1.82) is 0 Å². The van der Waals surface area contributed by atoms with Gasteiger partial charge in [-0.1, -0.05) is 26.0 Å². The minimum Gasteiger partial charge on any atom is -0.459 e. The van der Waals surface area contributed by atoms with Gasteiger partial charge in [0.1, 0.15) is 17.8 Å². The van der Waals surface area contributed by atoms with E-state index in [4.69, 9.17) is 14.2 Å². The van der Waals surface area contributed by atoms with Crippen molar-refractivity contribution in [2.45, 2.75) is 70.9 Å². The average molecular weight is 334 g/mol. The van der Waals surface area contributed by atoms with Crippen LogP contribution in [0.25, 0.3) is 0 Å². The lowest BCUT2D eigenvalue weighted by Crippen LogP contribution is -2.38. The number of carbonyl (C=O) groups is 2. The SMILES string of the molecule is C=C1C(=O)OC2C=C(C)CCC3OC3(C)C(OC(=O)C(C)C)CC12. The van der Waals surface area contributed by atoms with Gasteiger partial charge < -0.3 is 14.2 Å². The summed E-state index contributed by atoms with van der Waals surface area (Å²) >= 11 is 0. The monoisotopic (exact) mass is 334 g/mol. The van der Waals surface area contributed by atoms with Crippen molar-refractivity contribution in [2.24, 2.45) is 11.8 Å². The Morgan fingerprint density at radius 3 is 2.83 bits per heavy atom. The van der Waals surface area contributed by atoms with E-state index < -0.39 is 11.7 Å². The Morgan fingerprint density at radius 1 is 1.46 bits per heavy atom. The highest BCUT2D eigenvalue weighted by Crippen LogP contribution is 2.48. The number of carbonyl (C=O) groups excluding carboxylic acids is 2. The fourth-order valence-corrected chi connectivity index (χ4v) is 3.59. The van der Waals surface area contributed by atoms with Gasteiger partial charge in [-0.05, 0) is 39.2 Å². The van der Waals surface area contributed by atoms with Crippen LogP contribution in [0, 0.1) is 11.8 Å². The lowest BCUT2D eigenvalue weighted by Gasteiger charge is -2.27. The number of allylic oxidation sites excluding steroid dienone is 1. The van der Waals surface area contributed by atoms with Crippen LogP contribution < -0.4 is 0 Å². The topological polar surface area (TPSA) is 65.1 Å². The Balaban J connectivity index is 1.89. The Labute approximate surface area is 143 Å². The lowest BCUT2D eigenvalue weighted by molar-refractivity contribution is -0.157. The molecule has 3 rings (SSSR count). The van der Waals surface area contributed by atoms with E-state index in [0.717, 1.165) is 12.8 Å². The molecule has 0 bridgehead atoms. The predicted molar refractivity (Wildman–Crippen MR) is 88.1 cm³/mol. The second-order valence-corrected chi connectivity index (χ2v) is 7.66. The Morgan fingerprint density at radius 2 is 2.17 bits per heavy atom. The molecule has 0 saturated carbocycles. The summed E-state index contributed by atoms with van der Waals surface area (Å²) in [4.78, 5) is 24.1. The molecule has 5 unspecified atom stereocenters. The van der Waals surface area contributed by atoms with Gasteiger partial charge in [-0.3, -0.25) is 4.79 Å². The number of hydrogen-bond acceptors (Lipinski definition) is 5. The summed E-state index contributed by atoms with van der Waals surface area (Å²) in [5.74, 6) is -0.992. The number of ether oxygens (including phenoxy) is 3. The Bertz CT molecular complexity index is 605. The molecule has 0 aromatic carbocycles. The molecule has 2 heterocycles. The molecule has 2 saturated heterocycles. The molecule has 24 heavy (non-hydrogen) atoms. The molecule has 132 valence electrons. The third kappa shape index (κ3) is 3.02. The van der Waals surface area contributed by atoms with E-state index in [0.29, 0.717) is 12.0 Å². The Kier molecular flexibility index (Phi) is 4.32. The van der Waals surface area contributed by atoms with Crippen molar-refractivity contribution >= 4 is 11.9 Å². The zero-order valence-electron chi connectivity index (χ0n) is 14.8. The fraction of sp³-hybridized carbons (Fsp3) is 0.684. The summed E-state index contributed by atoms with van der Waals surface area (Å²) in [7, 11) is 0. The molecular formula is C19H26O5. The number of hydrogen-bond donors (Lipinski definition) is 0. The first-order chi connectivity index (χ1) is 11.2. The van der Waals surface area contributed by atoms with E-state index in [-0.39, 0.29) is 36.0 Å². The molecule has 0 aromatic heterocycles. The summed E-state index contributed by atoms with van der Waals surface area (Å²) in [6.07, 6.45) is 3.59. The molecule has 3 aliphatic rings. The standard InChI is InChI=1S/C19H26O5/c1-10(2)17(20)23-16-9-13-12(4)18(21)22-14(13)8-11(3)6-7-15-19(16,5)24-15/h8,10,13-16H,4,6-7,9H2,1-3,5H3. The first-order valence-corrected chi connectivity index (χ1v) is 8.67. The summed E-state index contributed by atoms with van der Waals surface area (Å²) < 4.78 is 17.2. The van der Waals surface area contributed by atoms with Crippen LogP contribution >= 0.6 is 0 Å². The van der Waals surface area contributed by atoms with E-state index >= 15 is 0 Å². The van der Waals surface area contributed by atoms with E-state index in [1.54, 1.807) is 0 Å². The number of rotatable bonds is 2. The molecule has 0 aromatic rings. The molecule has 0 N–H and O–H groups in total. The van der Waals surface area contributed by atoms with Gasteiger partial charge in [-0.15, -0.1) is 0 Å². The highest BCUT2D eigenvalue weighted by Gasteiger charge is 2.60. The second-order valence-electron chi connectivity index (χ2n) is 7.66. The minimum atomic E-state index is -0.487. The summed E-state index contributed by atoms with van der Waals surface area (Å²) in [5.41, 5.74) is 1.15. The fourth-order valence-electron chi connectivity index (χ4n) is 3.59. The molecule has 0 radical (unpaired) electrons. The van der Waals surface area contributed by atoms with Gasteiger partial charge in [0.2, 0.25) is 0 Å². The summed E-state index contributed by atoms with van der Waals surface area (Å²) in [6, 6.07) is 0. The van der Waals surface area contributed by atoms with E-state index in [2.05, 4.69) is 6.58 Å². The molecule has 2 aliphatic heterocycles. The molecular weight excluding hydrogens is 308 g/mol. The van der Waals surface area contributed by atoms with Crippen LogP contribution in [0.1, 0.15) is 47.0 Å². The smallest absolute Gasteiger partial charge is 0.334 e. The number of epoxide rings is 1. The minimum absolute atomic E-state index is 0.0775. The quantitative estimate of drug-likeness (QED) is 0.336. The molecule has 0 amide bonds. The molecule has 0 spiro atoms.